The Morgan fingerprint density at radius 3 is 2.62 bits per heavy atom. The Hall–Kier alpha value is -1.61. The van der Waals surface area contributed by atoms with Gasteiger partial charge in [0.2, 0.25) is 5.89 Å². The van der Waals surface area contributed by atoms with Crippen molar-refractivity contribution in [3.63, 3.8) is 0 Å². The topological polar surface area (TPSA) is 46.3 Å². The highest BCUT2D eigenvalue weighted by Gasteiger charge is 2.13. The Labute approximate surface area is 94.8 Å². The summed E-state index contributed by atoms with van der Waals surface area (Å²) in [6, 6.07) is 9.91. The van der Waals surface area contributed by atoms with E-state index in [-0.39, 0.29) is 6.61 Å². The van der Waals surface area contributed by atoms with Crippen molar-refractivity contribution in [2.45, 2.75) is 26.4 Å². The molecule has 0 aliphatic carbocycles. The Bertz CT molecular complexity index is 448. The van der Waals surface area contributed by atoms with Crippen LogP contribution < -0.4 is 0 Å². The van der Waals surface area contributed by atoms with Crippen molar-refractivity contribution >= 4 is 0 Å². The third-order valence-corrected chi connectivity index (χ3v) is 2.40. The lowest BCUT2D eigenvalue weighted by Gasteiger charge is -1.98. The molecule has 0 amide bonds. The molecule has 0 aliphatic heterocycles. The van der Waals surface area contributed by atoms with E-state index in [9.17, 15) is 0 Å². The van der Waals surface area contributed by atoms with Crippen LogP contribution in [0.1, 0.15) is 25.0 Å². The smallest absolute Gasteiger partial charge is 0.220 e. The zero-order valence-corrected chi connectivity index (χ0v) is 9.31. The predicted octanol–water partition coefficient (Wildman–Crippen LogP) is 2.79. The van der Waals surface area contributed by atoms with Gasteiger partial charge in [-0.2, -0.15) is 0 Å². The summed E-state index contributed by atoms with van der Waals surface area (Å²) in [6.07, 6.45) is 1.84. The molecule has 3 nitrogen and oxygen atoms in total. The van der Waals surface area contributed by atoms with Gasteiger partial charge in [-0.05, 0) is 6.42 Å². The number of aryl methyl sites for hydroxylation is 1. The first-order valence-corrected chi connectivity index (χ1v) is 5.50. The van der Waals surface area contributed by atoms with Gasteiger partial charge in [0.05, 0.1) is 0 Å². The molecule has 1 aromatic heterocycles. The molecule has 2 rings (SSSR count). The maximum atomic E-state index is 9.03. The fourth-order valence-electron chi connectivity index (χ4n) is 1.69. The average molecular weight is 217 g/mol. The van der Waals surface area contributed by atoms with E-state index in [0.717, 1.165) is 29.9 Å². The van der Waals surface area contributed by atoms with E-state index in [1.54, 1.807) is 0 Å². The first-order chi connectivity index (χ1) is 7.85. The van der Waals surface area contributed by atoms with E-state index < -0.39 is 0 Å². The van der Waals surface area contributed by atoms with Crippen molar-refractivity contribution in [3.8, 4) is 11.3 Å². The lowest BCUT2D eigenvalue weighted by molar-refractivity contribution is 0.236. The van der Waals surface area contributed by atoms with Gasteiger partial charge in [-0.3, -0.25) is 0 Å². The second-order valence-corrected chi connectivity index (χ2v) is 3.65. The summed E-state index contributed by atoms with van der Waals surface area (Å²) in [5.74, 6) is 1.25. The Morgan fingerprint density at radius 2 is 2.00 bits per heavy atom. The van der Waals surface area contributed by atoms with Gasteiger partial charge in [-0.25, -0.2) is 4.98 Å². The number of aromatic nitrogens is 1. The minimum atomic E-state index is -0.149. The zero-order valence-electron chi connectivity index (χ0n) is 9.31. The van der Waals surface area contributed by atoms with Crippen molar-refractivity contribution in [3.05, 3.63) is 42.0 Å². The molecule has 0 unspecified atom stereocenters. The number of aliphatic hydroxyl groups excluding tert-OH is 1. The zero-order chi connectivity index (χ0) is 11.4. The molecule has 0 bridgehead atoms. The van der Waals surface area contributed by atoms with Crippen LogP contribution in [-0.2, 0) is 13.0 Å². The summed E-state index contributed by atoms with van der Waals surface area (Å²) in [6.45, 7) is 1.94. The van der Waals surface area contributed by atoms with Crippen LogP contribution in [0.25, 0.3) is 11.3 Å². The molecule has 1 heterocycles. The van der Waals surface area contributed by atoms with E-state index >= 15 is 0 Å². The summed E-state index contributed by atoms with van der Waals surface area (Å²) >= 11 is 0. The minimum Gasteiger partial charge on any atom is -0.443 e. The molecule has 2 aromatic rings. The van der Waals surface area contributed by atoms with Gasteiger partial charge in [0, 0.05) is 12.0 Å². The van der Waals surface area contributed by atoms with Crippen molar-refractivity contribution in [2.75, 3.05) is 0 Å². The summed E-state index contributed by atoms with van der Waals surface area (Å²) < 4.78 is 5.50. The number of nitrogens with zero attached hydrogens (tertiary/aromatic N) is 1. The summed E-state index contributed by atoms with van der Waals surface area (Å²) in [4.78, 5) is 4.30. The molecule has 3 heteroatoms. The number of aliphatic hydroxyl groups is 1. The SMILES string of the molecule is CCCc1oc(CO)nc1-c1ccccc1. The number of benzene rings is 1. The van der Waals surface area contributed by atoms with Gasteiger partial charge in [0.15, 0.2) is 0 Å². The molecule has 1 N–H and O–H groups in total. The van der Waals surface area contributed by atoms with E-state index in [2.05, 4.69) is 11.9 Å². The largest absolute Gasteiger partial charge is 0.443 e. The van der Waals surface area contributed by atoms with E-state index in [1.165, 1.54) is 0 Å². The molecule has 0 fully saturated rings. The first-order valence-electron chi connectivity index (χ1n) is 5.50. The van der Waals surface area contributed by atoms with Crippen LogP contribution in [-0.4, -0.2) is 10.1 Å². The quantitative estimate of drug-likeness (QED) is 0.856. The molecule has 84 valence electrons. The second kappa shape index (κ2) is 4.94. The fraction of sp³-hybridized carbons (Fsp3) is 0.308. The third kappa shape index (κ3) is 2.14. The van der Waals surface area contributed by atoms with Gasteiger partial charge >= 0.3 is 0 Å². The molecule has 1 aromatic carbocycles. The average Bonchev–Trinajstić information content (AvgIpc) is 2.74. The molecule has 0 aliphatic rings. The maximum Gasteiger partial charge on any atom is 0.220 e. The summed E-state index contributed by atoms with van der Waals surface area (Å²) in [7, 11) is 0. The van der Waals surface area contributed by atoms with E-state index in [1.807, 2.05) is 30.3 Å². The van der Waals surface area contributed by atoms with Crippen LogP contribution >= 0.6 is 0 Å². The first kappa shape index (κ1) is 10.9. The number of oxazole rings is 1. The van der Waals surface area contributed by atoms with Gasteiger partial charge in [0.1, 0.15) is 18.1 Å². The number of rotatable bonds is 4. The minimum absolute atomic E-state index is 0.149. The highest BCUT2D eigenvalue weighted by atomic mass is 16.4. The lowest BCUT2D eigenvalue weighted by atomic mass is 10.1. The Morgan fingerprint density at radius 1 is 1.25 bits per heavy atom. The third-order valence-electron chi connectivity index (χ3n) is 2.40. The molecular weight excluding hydrogens is 202 g/mol. The van der Waals surface area contributed by atoms with Crippen LogP contribution in [0.15, 0.2) is 34.7 Å². The normalized spacial score (nSPS) is 10.6. The standard InChI is InChI=1S/C13H15NO2/c1-2-6-11-13(14-12(9-15)16-11)10-7-4-3-5-8-10/h3-5,7-8,15H,2,6,9H2,1H3. The highest BCUT2D eigenvalue weighted by molar-refractivity contribution is 5.61. The molecular formula is C13H15NO2. The molecule has 16 heavy (non-hydrogen) atoms. The number of hydrogen-bond donors (Lipinski definition) is 1. The number of hydrogen-bond acceptors (Lipinski definition) is 3. The second-order valence-electron chi connectivity index (χ2n) is 3.65. The van der Waals surface area contributed by atoms with Crippen LogP contribution in [0.2, 0.25) is 0 Å². The van der Waals surface area contributed by atoms with Crippen molar-refractivity contribution in [2.24, 2.45) is 0 Å². The fourth-order valence-corrected chi connectivity index (χ4v) is 1.69. The molecule has 0 atom stereocenters. The summed E-state index contributed by atoms with van der Waals surface area (Å²) in [5.41, 5.74) is 1.89. The van der Waals surface area contributed by atoms with Gasteiger partial charge in [-0.1, -0.05) is 37.3 Å². The predicted molar refractivity (Wildman–Crippen MR) is 61.9 cm³/mol. The maximum absolute atomic E-state index is 9.03. The molecule has 0 spiro atoms. The van der Waals surface area contributed by atoms with Crippen molar-refractivity contribution in [1.29, 1.82) is 0 Å². The van der Waals surface area contributed by atoms with Gasteiger partial charge in [-0.15, -0.1) is 0 Å². The monoisotopic (exact) mass is 217 g/mol. The van der Waals surface area contributed by atoms with E-state index in [4.69, 9.17) is 9.52 Å². The van der Waals surface area contributed by atoms with Gasteiger partial charge < -0.3 is 9.52 Å². The molecule has 0 radical (unpaired) electrons. The van der Waals surface area contributed by atoms with Crippen molar-refractivity contribution in [1.82, 2.24) is 4.98 Å². The highest BCUT2D eigenvalue weighted by Crippen LogP contribution is 2.24. The van der Waals surface area contributed by atoms with Crippen LogP contribution in [0.4, 0.5) is 0 Å². The van der Waals surface area contributed by atoms with Crippen LogP contribution in [0.5, 0.6) is 0 Å². The lowest BCUT2D eigenvalue weighted by Crippen LogP contribution is -1.85. The Balaban J connectivity index is 2.42. The van der Waals surface area contributed by atoms with Crippen LogP contribution in [0, 0.1) is 0 Å². The summed E-state index contributed by atoms with van der Waals surface area (Å²) in [5, 5.41) is 9.03. The van der Waals surface area contributed by atoms with Gasteiger partial charge in [0.25, 0.3) is 0 Å². The molecule has 0 saturated carbocycles. The van der Waals surface area contributed by atoms with Crippen molar-refractivity contribution < 1.29 is 9.52 Å². The van der Waals surface area contributed by atoms with Crippen LogP contribution in [0.3, 0.4) is 0 Å². The molecule has 0 saturated heterocycles. The van der Waals surface area contributed by atoms with E-state index in [0.29, 0.717) is 5.89 Å². The Kier molecular flexibility index (Phi) is 3.37.